The number of ether oxygens (including phenoxy) is 2. The summed E-state index contributed by atoms with van der Waals surface area (Å²) in [5, 5.41) is 0. The van der Waals surface area contributed by atoms with E-state index in [2.05, 4.69) is 13.2 Å². The Balaban J connectivity index is 3.11. The third-order valence-electron chi connectivity index (χ3n) is 6.95. The molecule has 0 fully saturated rings. The lowest BCUT2D eigenvalue weighted by Crippen LogP contribution is -2.05. The minimum Gasteiger partial charge on any atom is -0.462 e. The van der Waals surface area contributed by atoms with Crippen LogP contribution in [0.4, 0.5) is 0 Å². The quantitative estimate of drug-likeness (QED) is 0.0585. The topological polar surface area (TPSA) is 52.6 Å². The van der Waals surface area contributed by atoms with E-state index in [1.165, 1.54) is 122 Å². The molecule has 0 bridgehead atoms. The Morgan fingerprint density at radius 1 is 0.378 bits per heavy atom. The van der Waals surface area contributed by atoms with Crippen molar-refractivity contribution in [2.24, 2.45) is 0 Å². The van der Waals surface area contributed by atoms with Crippen LogP contribution in [0.15, 0.2) is 24.3 Å². The number of carbonyl (C=O) groups excluding carboxylic acids is 2. The van der Waals surface area contributed by atoms with Gasteiger partial charge in [-0.05, 0) is 26.7 Å². The number of unbranched alkanes of at least 4 members (excludes halogenated alkanes) is 22. The molecule has 4 heteroatoms. The van der Waals surface area contributed by atoms with Gasteiger partial charge in [-0.2, -0.15) is 0 Å². The lowest BCUT2D eigenvalue weighted by molar-refractivity contribution is -0.139. The highest BCUT2D eigenvalue weighted by atomic mass is 16.5. The van der Waals surface area contributed by atoms with Crippen LogP contribution in [0.3, 0.4) is 0 Å². The van der Waals surface area contributed by atoms with Gasteiger partial charge in [0.05, 0.1) is 13.2 Å². The lowest BCUT2D eigenvalue weighted by Gasteiger charge is -2.05. The monoisotopic (exact) mass is 520 g/mol. The highest BCUT2D eigenvalue weighted by Crippen LogP contribution is 2.15. The molecular weight excluding hydrogens is 460 g/mol. The molecular formula is C33H60O4. The van der Waals surface area contributed by atoms with Crippen LogP contribution in [0.1, 0.15) is 162 Å². The fraction of sp³-hybridized carbons (Fsp3) is 0.818. The first kappa shape index (κ1) is 35.4. The van der Waals surface area contributed by atoms with Crippen LogP contribution in [0.25, 0.3) is 0 Å². The van der Waals surface area contributed by atoms with Crippen molar-refractivity contribution >= 4 is 11.9 Å². The van der Waals surface area contributed by atoms with Crippen molar-refractivity contribution in [2.75, 3.05) is 13.2 Å². The fourth-order valence-corrected chi connectivity index (χ4v) is 4.49. The number of carbonyl (C=O) groups is 2. The van der Waals surface area contributed by atoms with Crippen LogP contribution in [-0.2, 0) is 19.1 Å². The molecule has 0 spiro atoms. The Hall–Kier alpha value is -1.58. The third kappa shape index (κ3) is 27.3. The molecule has 216 valence electrons. The second-order valence-electron chi connectivity index (χ2n) is 11.0. The van der Waals surface area contributed by atoms with Crippen molar-refractivity contribution in [3.63, 3.8) is 0 Å². The maximum Gasteiger partial charge on any atom is 0.333 e. The highest BCUT2D eigenvalue weighted by Gasteiger charge is 2.03. The van der Waals surface area contributed by atoms with Gasteiger partial charge in [0.15, 0.2) is 0 Å². The summed E-state index contributed by atoms with van der Waals surface area (Å²) in [6, 6.07) is 0. The second-order valence-corrected chi connectivity index (χ2v) is 11.0. The van der Waals surface area contributed by atoms with E-state index < -0.39 is 0 Å². The van der Waals surface area contributed by atoms with Crippen LogP contribution in [-0.4, -0.2) is 25.2 Å². The third-order valence-corrected chi connectivity index (χ3v) is 6.95. The predicted octanol–water partition coefficient (Wildman–Crippen LogP) is 10.2. The van der Waals surface area contributed by atoms with Gasteiger partial charge in [-0.25, -0.2) is 9.59 Å². The lowest BCUT2D eigenvalue weighted by atomic mass is 10.0. The average molecular weight is 521 g/mol. The zero-order chi connectivity index (χ0) is 27.4. The van der Waals surface area contributed by atoms with E-state index in [-0.39, 0.29) is 11.9 Å². The van der Waals surface area contributed by atoms with Gasteiger partial charge in [0.25, 0.3) is 0 Å². The Labute approximate surface area is 230 Å². The molecule has 0 aliphatic heterocycles. The van der Waals surface area contributed by atoms with Crippen molar-refractivity contribution in [3.8, 4) is 0 Å². The summed E-state index contributed by atoms with van der Waals surface area (Å²) >= 11 is 0. The van der Waals surface area contributed by atoms with Crippen LogP contribution >= 0.6 is 0 Å². The van der Waals surface area contributed by atoms with E-state index in [0.717, 1.165) is 25.7 Å². The molecule has 0 aliphatic rings. The number of rotatable bonds is 28. The largest absolute Gasteiger partial charge is 0.462 e. The van der Waals surface area contributed by atoms with Gasteiger partial charge < -0.3 is 9.47 Å². The summed E-state index contributed by atoms with van der Waals surface area (Å²) in [7, 11) is 0. The van der Waals surface area contributed by atoms with Crippen LogP contribution in [0.5, 0.6) is 0 Å². The molecule has 0 aliphatic carbocycles. The Bertz CT molecular complexity index is 531. The molecule has 0 radical (unpaired) electrons. The van der Waals surface area contributed by atoms with Crippen molar-refractivity contribution < 1.29 is 19.1 Å². The first-order chi connectivity index (χ1) is 17.9. The molecule has 0 heterocycles. The van der Waals surface area contributed by atoms with E-state index in [0.29, 0.717) is 24.4 Å². The molecule has 0 aromatic rings. The van der Waals surface area contributed by atoms with Gasteiger partial charge in [-0.3, -0.25) is 0 Å². The molecule has 0 aromatic heterocycles. The summed E-state index contributed by atoms with van der Waals surface area (Å²) in [4.78, 5) is 22.5. The van der Waals surface area contributed by atoms with Crippen LogP contribution < -0.4 is 0 Å². The van der Waals surface area contributed by atoms with E-state index in [1.54, 1.807) is 13.8 Å². The van der Waals surface area contributed by atoms with Crippen molar-refractivity contribution in [2.45, 2.75) is 162 Å². The second kappa shape index (κ2) is 27.5. The zero-order valence-corrected chi connectivity index (χ0v) is 24.7. The Morgan fingerprint density at radius 2 is 0.541 bits per heavy atom. The summed E-state index contributed by atoms with van der Waals surface area (Å²) in [6.07, 6.45) is 30.3. The normalized spacial score (nSPS) is 10.9. The summed E-state index contributed by atoms with van der Waals surface area (Å²) in [6.45, 7) is 11.6. The molecule has 0 unspecified atom stereocenters. The first-order valence-electron chi connectivity index (χ1n) is 15.6. The fourth-order valence-electron chi connectivity index (χ4n) is 4.49. The maximum atomic E-state index is 11.3. The van der Waals surface area contributed by atoms with Gasteiger partial charge in [0.2, 0.25) is 0 Å². The number of hydrogen-bond donors (Lipinski definition) is 0. The molecule has 0 saturated heterocycles. The summed E-state index contributed by atoms with van der Waals surface area (Å²) in [5.41, 5.74) is 0.972. The molecule has 0 N–H and O–H groups in total. The van der Waals surface area contributed by atoms with E-state index in [9.17, 15) is 9.59 Å². The van der Waals surface area contributed by atoms with E-state index in [4.69, 9.17) is 9.47 Å². The van der Waals surface area contributed by atoms with Crippen LogP contribution in [0.2, 0.25) is 0 Å². The average Bonchev–Trinajstić information content (AvgIpc) is 2.87. The smallest absolute Gasteiger partial charge is 0.333 e. The summed E-state index contributed by atoms with van der Waals surface area (Å²) in [5.74, 6) is -0.521. The Morgan fingerprint density at radius 3 is 0.703 bits per heavy atom. The first-order valence-corrected chi connectivity index (χ1v) is 15.6. The molecule has 37 heavy (non-hydrogen) atoms. The molecule has 4 nitrogen and oxygen atoms in total. The predicted molar refractivity (Wildman–Crippen MR) is 158 cm³/mol. The van der Waals surface area contributed by atoms with Gasteiger partial charge >= 0.3 is 11.9 Å². The highest BCUT2D eigenvalue weighted by molar-refractivity contribution is 5.87. The van der Waals surface area contributed by atoms with E-state index in [1.807, 2.05) is 0 Å². The van der Waals surface area contributed by atoms with Crippen molar-refractivity contribution in [1.29, 1.82) is 0 Å². The molecule has 0 aromatic carbocycles. The van der Waals surface area contributed by atoms with Gasteiger partial charge in [0.1, 0.15) is 0 Å². The van der Waals surface area contributed by atoms with Crippen molar-refractivity contribution in [3.05, 3.63) is 24.3 Å². The van der Waals surface area contributed by atoms with Crippen LogP contribution in [0, 0.1) is 0 Å². The minimum absolute atomic E-state index is 0.260. The Kier molecular flexibility index (Phi) is 26.3. The van der Waals surface area contributed by atoms with Crippen molar-refractivity contribution in [1.82, 2.24) is 0 Å². The van der Waals surface area contributed by atoms with Gasteiger partial charge in [0, 0.05) is 11.1 Å². The van der Waals surface area contributed by atoms with E-state index >= 15 is 0 Å². The maximum absolute atomic E-state index is 11.3. The van der Waals surface area contributed by atoms with Gasteiger partial charge in [-0.1, -0.05) is 148 Å². The standard InChI is InChI=1S/C33H60O4/c1-30(2)32(34)36-28-26-24-22-20-18-16-14-12-10-8-6-5-7-9-11-13-15-17-19-21-23-25-27-29-37-33(35)31(3)4/h1,3,5-29H2,2,4H3. The molecule has 0 rings (SSSR count). The molecule has 0 saturated carbocycles. The zero-order valence-electron chi connectivity index (χ0n) is 24.7. The summed E-state index contributed by atoms with van der Waals surface area (Å²) < 4.78 is 10.2. The molecule has 0 amide bonds. The number of hydrogen-bond acceptors (Lipinski definition) is 4. The van der Waals surface area contributed by atoms with Gasteiger partial charge in [-0.15, -0.1) is 0 Å². The number of esters is 2. The molecule has 0 atom stereocenters. The SMILES string of the molecule is C=C(C)C(=O)OCCCCCCCCCCCCCCCCCCCCCCCCCOC(=O)C(=C)C. The minimum atomic E-state index is -0.260.